The Bertz CT molecular complexity index is 1410. The Labute approximate surface area is 210 Å². The van der Waals surface area contributed by atoms with Gasteiger partial charge in [0, 0.05) is 30.7 Å². The van der Waals surface area contributed by atoms with Crippen molar-refractivity contribution in [2.75, 3.05) is 40.3 Å². The lowest BCUT2D eigenvalue weighted by Crippen LogP contribution is -2.47. The number of hydrogen-bond donors (Lipinski definition) is 2. The number of fused-ring (bicyclic) bond motifs is 1. The molecule has 0 saturated carbocycles. The van der Waals surface area contributed by atoms with Crippen LogP contribution in [0.25, 0.3) is 0 Å². The SMILES string of the molecule is CC(C)N1CC(=O)N(C)c2cnc(Nc3cc(NC(=O)Cc4ccccc4)cc(S(C)(=O)=O)c3)nc21. The maximum Gasteiger partial charge on any atom is 0.246 e. The molecule has 0 aliphatic carbocycles. The average molecular weight is 509 g/mol. The maximum atomic E-state index is 12.6. The van der Waals surface area contributed by atoms with E-state index in [1.54, 1.807) is 19.3 Å². The molecule has 0 spiro atoms. The molecule has 1 aliphatic heterocycles. The van der Waals surface area contributed by atoms with Gasteiger partial charge in [0.05, 0.1) is 24.1 Å². The predicted octanol–water partition coefficient (Wildman–Crippen LogP) is 3.00. The summed E-state index contributed by atoms with van der Waals surface area (Å²) in [6.07, 6.45) is 2.81. The molecule has 1 aliphatic rings. The molecule has 188 valence electrons. The monoisotopic (exact) mass is 508 g/mol. The highest BCUT2D eigenvalue weighted by Crippen LogP contribution is 2.33. The van der Waals surface area contributed by atoms with Crippen molar-refractivity contribution in [3.63, 3.8) is 0 Å². The summed E-state index contributed by atoms with van der Waals surface area (Å²) in [6, 6.07) is 13.8. The fraction of sp³-hybridized carbons (Fsp3) is 0.280. The molecule has 2 N–H and O–H groups in total. The first-order valence-electron chi connectivity index (χ1n) is 11.4. The van der Waals surface area contributed by atoms with Gasteiger partial charge in [0.1, 0.15) is 5.69 Å². The van der Waals surface area contributed by atoms with Crippen LogP contribution in [-0.2, 0) is 25.8 Å². The zero-order chi connectivity index (χ0) is 26.0. The molecular formula is C25H28N6O4S. The van der Waals surface area contributed by atoms with Gasteiger partial charge in [-0.05, 0) is 37.6 Å². The van der Waals surface area contributed by atoms with Gasteiger partial charge >= 0.3 is 0 Å². The van der Waals surface area contributed by atoms with Crippen LogP contribution in [0.1, 0.15) is 19.4 Å². The summed E-state index contributed by atoms with van der Waals surface area (Å²) in [7, 11) is -1.89. The molecular weight excluding hydrogens is 480 g/mol. The third-order valence-corrected chi connectivity index (χ3v) is 6.86. The van der Waals surface area contributed by atoms with Gasteiger partial charge in [-0.15, -0.1) is 0 Å². The number of likely N-dealkylation sites (N-methyl/N-ethyl adjacent to an activating group) is 1. The zero-order valence-electron chi connectivity index (χ0n) is 20.5. The summed E-state index contributed by atoms with van der Waals surface area (Å²) in [5.41, 5.74) is 2.15. The topological polar surface area (TPSA) is 125 Å². The van der Waals surface area contributed by atoms with Crippen molar-refractivity contribution in [1.82, 2.24) is 9.97 Å². The van der Waals surface area contributed by atoms with Crippen LogP contribution in [0, 0.1) is 0 Å². The van der Waals surface area contributed by atoms with Gasteiger partial charge in [0.2, 0.25) is 17.8 Å². The number of nitrogens with one attached hydrogen (secondary N) is 2. The van der Waals surface area contributed by atoms with Crippen molar-refractivity contribution in [3.8, 4) is 0 Å². The Morgan fingerprint density at radius 1 is 1.11 bits per heavy atom. The van der Waals surface area contributed by atoms with Gasteiger partial charge in [0.25, 0.3) is 0 Å². The van der Waals surface area contributed by atoms with Crippen molar-refractivity contribution < 1.29 is 18.0 Å². The van der Waals surface area contributed by atoms with Crippen LogP contribution in [0.3, 0.4) is 0 Å². The summed E-state index contributed by atoms with van der Waals surface area (Å²) in [5, 5.41) is 5.82. The Morgan fingerprint density at radius 2 is 1.81 bits per heavy atom. The highest BCUT2D eigenvalue weighted by Gasteiger charge is 2.30. The van der Waals surface area contributed by atoms with Gasteiger partial charge in [0.15, 0.2) is 15.7 Å². The number of carbonyl (C=O) groups excluding carboxylic acids is 2. The fourth-order valence-electron chi connectivity index (χ4n) is 3.84. The van der Waals surface area contributed by atoms with E-state index in [1.165, 1.54) is 17.0 Å². The fourth-order valence-corrected chi connectivity index (χ4v) is 4.52. The van der Waals surface area contributed by atoms with Crippen LogP contribution in [0.4, 0.5) is 28.8 Å². The number of nitrogens with zero attached hydrogens (tertiary/aromatic N) is 4. The molecule has 11 heteroatoms. The normalized spacial score (nSPS) is 13.5. The minimum atomic E-state index is -3.57. The van der Waals surface area contributed by atoms with Gasteiger partial charge in [-0.25, -0.2) is 13.4 Å². The lowest BCUT2D eigenvalue weighted by Gasteiger charge is -2.36. The zero-order valence-corrected chi connectivity index (χ0v) is 21.3. The molecule has 0 bridgehead atoms. The Hall–Kier alpha value is -3.99. The minimum Gasteiger partial charge on any atom is -0.343 e. The van der Waals surface area contributed by atoms with Crippen LogP contribution in [0.5, 0.6) is 0 Å². The maximum absolute atomic E-state index is 12.6. The first kappa shape index (κ1) is 25.1. The lowest BCUT2D eigenvalue weighted by molar-refractivity contribution is -0.117. The summed E-state index contributed by atoms with van der Waals surface area (Å²) >= 11 is 0. The third kappa shape index (κ3) is 5.62. The summed E-state index contributed by atoms with van der Waals surface area (Å²) in [6.45, 7) is 4.13. The van der Waals surface area contributed by atoms with Gasteiger partial charge in [-0.1, -0.05) is 30.3 Å². The van der Waals surface area contributed by atoms with E-state index in [4.69, 9.17) is 0 Å². The highest BCUT2D eigenvalue weighted by molar-refractivity contribution is 7.90. The van der Waals surface area contributed by atoms with Crippen LogP contribution >= 0.6 is 0 Å². The molecule has 2 aromatic carbocycles. The van der Waals surface area contributed by atoms with Gasteiger partial charge < -0.3 is 20.4 Å². The number of anilines is 5. The molecule has 1 aromatic heterocycles. The first-order valence-corrected chi connectivity index (χ1v) is 13.3. The van der Waals surface area contributed by atoms with Crippen LogP contribution < -0.4 is 20.4 Å². The molecule has 2 amide bonds. The van der Waals surface area contributed by atoms with E-state index in [0.717, 1.165) is 11.8 Å². The van der Waals surface area contributed by atoms with Crippen molar-refractivity contribution in [2.45, 2.75) is 31.2 Å². The minimum absolute atomic E-state index is 0.0316. The molecule has 4 rings (SSSR count). The summed E-state index contributed by atoms with van der Waals surface area (Å²) < 4.78 is 24.7. The number of sulfone groups is 1. The Kier molecular flexibility index (Phi) is 6.93. The van der Waals surface area contributed by atoms with Crippen LogP contribution in [-0.4, -0.2) is 56.1 Å². The standard InChI is InChI=1S/C25H28N6O4S/c1-16(2)31-15-23(33)30(3)21-14-26-25(29-24(21)31)28-19-11-18(12-20(13-19)36(4,34)35)27-22(32)10-17-8-6-5-7-9-17/h5-9,11-14,16H,10,15H2,1-4H3,(H,27,32)(H,26,28,29). The van der Waals surface area contributed by atoms with Gasteiger partial charge in [-0.2, -0.15) is 4.98 Å². The Morgan fingerprint density at radius 3 is 2.47 bits per heavy atom. The van der Waals surface area contributed by atoms with E-state index in [2.05, 4.69) is 20.6 Å². The van der Waals surface area contributed by atoms with E-state index in [9.17, 15) is 18.0 Å². The van der Waals surface area contributed by atoms with Crippen molar-refractivity contribution >= 4 is 50.5 Å². The quantitative estimate of drug-likeness (QED) is 0.499. The van der Waals surface area contributed by atoms with Crippen molar-refractivity contribution in [3.05, 3.63) is 60.3 Å². The second-order valence-corrected chi connectivity index (χ2v) is 10.9. The van der Waals surface area contributed by atoms with Crippen molar-refractivity contribution in [2.24, 2.45) is 0 Å². The summed E-state index contributed by atoms with van der Waals surface area (Å²) in [5.74, 6) is 0.495. The molecule has 0 atom stereocenters. The number of benzene rings is 2. The molecule has 0 unspecified atom stereocenters. The van der Waals surface area contributed by atoms with Crippen molar-refractivity contribution in [1.29, 1.82) is 0 Å². The van der Waals surface area contributed by atoms with E-state index < -0.39 is 9.84 Å². The first-order chi connectivity index (χ1) is 17.0. The molecule has 0 saturated heterocycles. The number of hydrogen-bond acceptors (Lipinski definition) is 8. The molecule has 0 fully saturated rings. The molecule has 0 radical (unpaired) electrons. The molecule has 3 aromatic rings. The molecule has 2 heterocycles. The van der Waals surface area contributed by atoms with E-state index in [0.29, 0.717) is 22.9 Å². The van der Waals surface area contributed by atoms with E-state index in [1.807, 2.05) is 49.1 Å². The average Bonchev–Trinajstić information content (AvgIpc) is 2.81. The molecule has 10 nitrogen and oxygen atoms in total. The Balaban J connectivity index is 1.64. The van der Waals surface area contributed by atoms with E-state index in [-0.39, 0.29) is 41.7 Å². The smallest absolute Gasteiger partial charge is 0.246 e. The van der Waals surface area contributed by atoms with E-state index >= 15 is 0 Å². The predicted molar refractivity (Wildman–Crippen MR) is 140 cm³/mol. The largest absolute Gasteiger partial charge is 0.343 e. The second kappa shape index (κ2) is 9.94. The number of rotatable bonds is 7. The number of aromatic nitrogens is 2. The number of amides is 2. The second-order valence-electron chi connectivity index (χ2n) is 8.93. The van der Waals surface area contributed by atoms with Gasteiger partial charge in [-0.3, -0.25) is 9.59 Å². The summed E-state index contributed by atoms with van der Waals surface area (Å²) in [4.78, 5) is 37.3. The van der Waals surface area contributed by atoms with Crippen LogP contribution in [0.2, 0.25) is 0 Å². The van der Waals surface area contributed by atoms with Crippen LogP contribution in [0.15, 0.2) is 59.6 Å². The lowest BCUT2D eigenvalue weighted by atomic mass is 10.1. The highest BCUT2D eigenvalue weighted by atomic mass is 32.2. The molecule has 36 heavy (non-hydrogen) atoms. The number of carbonyl (C=O) groups is 2. The third-order valence-electron chi connectivity index (χ3n) is 5.77.